The van der Waals surface area contributed by atoms with Gasteiger partial charge in [0.05, 0.1) is 22.7 Å². The van der Waals surface area contributed by atoms with Gasteiger partial charge in [-0.2, -0.15) is 0 Å². The molecule has 0 radical (unpaired) electrons. The third-order valence-electron chi connectivity index (χ3n) is 1.58. The van der Waals surface area contributed by atoms with E-state index >= 15 is 0 Å². The lowest BCUT2D eigenvalue weighted by Gasteiger charge is -2.10. The lowest BCUT2D eigenvalue weighted by atomic mass is 10.1. The van der Waals surface area contributed by atoms with Gasteiger partial charge in [-0.25, -0.2) is 0 Å². The van der Waals surface area contributed by atoms with E-state index in [1.54, 1.807) is 18.2 Å². The highest BCUT2D eigenvalue weighted by molar-refractivity contribution is 6.42. The molecule has 1 rings (SSSR count). The van der Waals surface area contributed by atoms with Crippen molar-refractivity contribution in [3.63, 3.8) is 0 Å². The summed E-state index contributed by atoms with van der Waals surface area (Å²) in [6, 6.07) is 4.71. The number of nitrogens with two attached hydrogens (primary N) is 1. The molecule has 3 N–H and O–H groups in total. The van der Waals surface area contributed by atoms with Gasteiger partial charge in [0.25, 0.3) is 0 Å². The number of hydrogen-bond acceptors (Lipinski definition) is 2. The van der Waals surface area contributed by atoms with Crippen molar-refractivity contribution < 1.29 is 5.11 Å². The maximum absolute atomic E-state index is 8.78. The molecule has 0 fully saturated rings. The van der Waals surface area contributed by atoms with E-state index in [1.807, 2.05) is 0 Å². The molecule has 0 saturated heterocycles. The predicted molar refractivity (Wildman–Crippen MR) is 57.7 cm³/mol. The first-order valence-electron chi connectivity index (χ1n) is 3.47. The molecule has 1 atom stereocenters. The normalized spacial score (nSPS) is 12.0. The number of benzene rings is 1. The molecule has 1 unspecified atom stereocenters. The van der Waals surface area contributed by atoms with Gasteiger partial charge in [0.2, 0.25) is 0 Å². The second-order valence-corrected chi connectivity index (χ2v) is 3.22. The van der Waals surface area contributed by atoms with E-state index < -0.39 is 6.04 Å². The molecule has 0 spiro atoms. The highest BCUT2D eigenvalue weighted by atomic mass is 35.5. The zero-order chi connectivity index (χ0) is 9.14. The van der Waals surface area contributed by atoms with Crippen molar-refractivity contribution in [3.05, 3.63) is 33.8 Å². The summed E-state index contributed by atoms with van der Waals surface area (Å²) in [5, 5.41) is 9.65. The standard InChI is InChI=1S/C8H9Cl2NO.ClH/c9-6-3-1-2-5(8(6)10)7(11)4-12;/h1-3,7,12H,4,11H2;1H. The predicted octanol–water partition coefficient (Wildman–Crippen LogP) is 2.41. The number of halogens is 3. The van der Waals surface area contributed by atoms with Gasteiger partial charge in [-0.05, 0) is 11.6 Å². The summed E-state index contributed by atoms with van der Waals surface area (Å²) < 4.78 is 0. The third-order valence-corrected chi connectivity index (χ3v) is 2.41. The molecule has 1 aromatic carbocycles. The van der Waals surface area contributed by atoms with Crippen LogP contribution in [0.3, 0.4) is 0 Å². The Morgan fingerprint density at radius 1 is 1.38 bits per heavy atom. The maximum atomic E-state index is 8.78. The van der Waals surface area contributed by atoms with Crippen LogP contribution < -0.4 is 5.73 Å². The molecule has 0 aliphatic carbocycles. The van der Waals surface area contributed by atoms with Gasteiger partial charge in [0.15, 0.2) is 0 Å². The van der Waals surface area contributed by atoms with E-state index in [4.69, 9.17) is 34.0 Å². The molecule has 1 aromatic rings. The monoisotopic (exact) mass is 241 g/mol. The first kappa shape index (κ1) is 13.0. The van der Waals surface area contributed by atoms with Gasteiger partial charge in [-0.15, -0.1) is 12.4 Å². The Bertz CT molecular complexity index is 280. The van der Waals surface area contributed by atoms with Crippen LogP contribution in [0.25, 0.3) is 0 Å². The minimum atomic E-state index is -0.462. The van der Waals surface area contributed by atoms with E-state index in [0.29, 0.717) is 15.6 Å². The van der Waals surface area contributed by atoms with Crippen molar-refractivity contribution in [1.29, 1.82) is 0 Å². The SMILES string of the molecule is Cl.NC(CO)c1cccc(Cl)c1Cl. The van der Waals surface area contributed by atoms with Crippen LogP contribution in [0.4, 0.5) is 0 Å². The van der Waals surface area contributed by atoms with Gasteiger partial charge in [-0.3, -0.25) is 0 Å². The quantitative estimate of drug-likeness (QED) is 0.837. The Labute approximate surface area is 93.1 Å². The van der Waals surface area contributed by atoms with Crippen molar-refractivity contribution in [2.24, 2.45) is 5.73 Å². The van der Waals surface area contributed by atoms with E-state index in [-0.39, 0.29) is 19.0 Å². The van der Waals surface area contributed by atoms with Crippen LogP contribution in [-0.4, -0.2) is 11.7 Å². The Balaban J connectivity index is 0.00000144. The number of hydrogen-bond donors (Lipinski definition) is 2. The summed E-state index contributed by atoms with van der Waals surface area (Å²) in [7, 11) is 0. The van der Waals surface area contributed by atoms with E-state index in [2.05, 4.69) is 0 Å². The lowest BCUT2D eigenvalue weighted by molar-refractivity contribution is 0.268. The summed E-state index contributed by atoms with van der Waals surface area (Å²) in [4.78, 5) is 0. The van der Waals surface area contributed by atoms with Crippen molar-refractivity contribution in [1.82, 2.24) is 0 Å². The Morgan fingerprint density at radius 2 is 2.00 bits per heavy atom. The minimum Gasteiger partial charge on any atom is -0.394 e. The number of rotatable bonds is 2. The van der Waals surface area contributed by atoms with Crippen molar-refractivity contribution in [2.75, 3.05) is 6.61 Å². The van der Waals surface area contributed by atoms with Gasteiger partial charge < -0.3 is 10.8 Å². The Hall–Kier alpha value is 0.01000. The van der Waals surface area contributed by atoms with Crippen LogP contribution in [-0.2, 0) is 0 Å². The fourth-order valence-corrected chi connectivity index (χ4v) is 1.35. The summed E-state index contributed by atoms with van der Waals surface area (Å²) in [5.74, 6) is 0. The zero-order valence-electron chi connectivity index (χ0n) is 6.71. The van der Waals surface area contributed by atoms with Crippen molar-refractivity contribution >= 4 is 35.6 Å². The molecular weight excluding hydrogens is 232 g/mol. The van der Waals surface area contributed by atoms with Crippen LogP contribution in [0.15, 0.2) is 18.2 Å². The topological polar surface area (TPSA) is 46.2 Å². The van der Waals surface area contributed by atoms with E-state index in [0.717, 1.165) is 0 Å². The Morgan fingerprint density at radius 3 is 2.54 bits per heavy atom. The first-order valence-corrected chi connectivity index (χ1v) is 4.22. The molecule has 0 heterocycles. The van der Waals surface area contributed by atoms with Crippen LogP contribution in [0.2, 0.25) is 10.0 Å². The number of aliphatic hydroxyl groups excluding tert-OH is 1. The van der Waals surface area contributed by atoms with Gasteiger partial charge >= 0.3 is 0 Å². The molecule has 74 valence electrons. The molecule has 13 heavy (non-hydrogen) atoms. The summed E-state index contributed by atoms with van der Waals surface area (Å²) in [6.45, 7) is -0.139. The molecule has 0 aliphatic rings. The highest BCUT2D eigenvalue weighted by Gasteiger charge is 2.10. The first-order chi connectivity index (χ1) is 5.66. The molecular formula is C8H10Cl3NO. The molecule has 0 aromatic heterocycles. The number of aliphatic hydroxyl groups is 1. The highest BCUT2D eigenvalue weighted by Crippen LogP contribution is 2.28. The third kappa shape index (κ3) is 3.01. The van der Waals surface area contributed by atoms with Crippen molar-refractivity contribution in [3.8, 4) is 0 Å². The van der Waals surface area contributed by atoms with Crippen molar-refractivity contribution in [2.45, 2.75) is 6.04 Å². The molecule has 0 aliphatic heterocycles. The molecule has 5 heteroatoms. The van der Waals surface area contributed by atoms with Gasteiger partial charge in [0.1, 0.15) is 0 Å². The van der Waals surface area contributed by atoms with Crippen LogP contribution in [0.5, 0.6) is 0 Å². The van der Waals surface area contributed by atoms with Gasteiger partial charge in [-0.1, -0.05) is 35.3 Å². The smallest absolute Gasteiger partial charge is 0.0640 e. The molecule has 2 nitrogen and oxygen atoms in total. The Kier molecular flexibility index (Phi) is 5.68. The van der Waals surface area contributed by atoms with E-state index in [1.165, 1.54) is 0 Å². The average Bonchev–Trinajstić information content (AvgIpc) is 2.08. The second kappa shape index (κ2) is 5.68. The second-order valence-electron chi connectivity index (χ2n) is 2.43. The summed E-state index contributed by atoms with van der Waals surface area (Å²) in [5.41, 5.74) is 6.24. The molecule has 0 bridgehead atoms. The largest absolute Gasteiger partial charge is 0.394 e. The minimum absolute atomic E-state index is 0. The summed E-state index contributed by atoms with van der Waals surface area (Å²) >= 11 is 11.6. The van der Waals surface area contributed by atoms with Crippen LogP contribution >= 0.6 is 35.6 Å². The summed E-state index contributed by atoms with van der Waals surface area (Å²) in [6.07, 6.45) is 0. The lowest BCUT2D eigenvalue weighted by Crippen LogP contribution is -2.14. The zero-order valence-corrected chi connectivity index (χ0v) is 9.03. The fraction of sp³-hybridized carbons (Fsp3) is 0.250. The average molecular weight is 243 g/mol. The van der Waals surface area contributed by atoms with Crippen LogP contribution in [0.1, 0.15) is 11.6 Å². The van der Waals surface area contributed by atoms with Crippen LogP contribution in [0, 0.1) is 0 Å². The van der Waals surface area contributed by atoms with Gasteiger partial charge in [0, 0.05) is 0 Å². The van der Waals surface area contributed by atoms with E-state index in [9.17, 15) is 0 Å². The molecule has 0 saturated carbocycles. The fourth-order valence-electron chi connectivity index (χ4n) is 0.905. The molecule has 0 amide bonds. The maximum Gasteiger partial charge on any atom is 0.0640 e.